The van der Waals surface area contributed by atoms with Gasteiger partial charge in [0.25, 0.3) is 0 Å². The Bertz CT molecular complexity index is 657. The van der Waals surface area contributed by atoms with E-state index in [0.717, 1.165) is 61.9 Å². The molecule has 1 aromatic carbocycles. The maximum Gasteiger partial charge on any atom is 0.150 e. The number of aryl methyl sites for hydroxylation is 2. The average molecular weight is 314 g/mol. The van der Waals surface area contributed by atoms with E-state index in [1.54, 1.807) is 0 Å². The van der Waals surface area contributed by atoms with Crippen LogP contribution in [0.4, 0.5) is 10.2 Å². The minimum Gasteiger partial charge on any atom is -0.354 e. The number of hydrogen-bond acceptors (Lipinski definition) is 4. The molecule has 0 radical (unpaired) electrons. The summed E-state index contributed by atoms with van der Waals surface area (Å²) >= 11 is 0. The van der Waals surface area contributed by atoms with E-state index in [2.05, 4.69) is 19.8 Å². The van der Waals surface area contributed by atoms with Crippen LogP contribution in [0.5, 0.6) is 0 Å². The maximum absolute atomic E-state index is 13.0. The van der Waals surface area contributed by atoms with Crippen molar-refractivity contribution in [1.29, 1.82) is 0 Å². The number of anilines is 1. The van der Waals surface area contributed by atoms with Gasteiger partial charge < -0.3 is 4.90 Å². The Kier molecular flexibility index (Phi) is 4.86. The SMILES string of the molecule is Cc1cnc(C)c(N2CCCN(Cc3ccc(F)cc3)CC2)n1. The number of nitrogens with zero attached hydrogens (tertiary/aromatic N) is 4. The summed E-state index contributed by atoms with van der Waals surface area (Å²) in [6, 6.07) is 6.80. The van der Waals surface area contributed by atoms with E-state index in [0.29, 0.717) is 0 Å². The molecule has 0 spiro atoms. The molecular weight excluding hydrogens is 291 g/mol. The summed E-state index contributed by atoms with van der Waals surface area (Å²) < 4.78 is 13.0. The zero-order valence-corrected chi connectivity index (χ0v) is 13.8. The van der Waals surface area contributed by atoms with Crippen LogP contribution in [0, 0.1) is 19.7 Å². The Balaban J connectivity index is 1.65. The summed E-state index contributed by atoms with van der Waals surface area (Å²) in [7, 11) is 0. The van der Waals surface area contributed by atoms with Crippen molar-refractivity contribution in [3.63, 3.8) is 0 Å². The molecule has 1 aliphatic rings. The Hall–Kier alpha value is -2.01. The van der Waals surface area contributed by atoms with Crippen LogP contribution >= 0.6 is 0 Å². The number of halogens is 1. The van der Waals surface area contributed by atoms with Crippen molar-refractivity contribution in [2.45, 2.75) is 26.8 Å². The smallest absolute Gasteiger partial charge is 0.150 e. The van der Waals surface area contributed by atoms with Crippen molar-refractivity contribution in [3.8, 4) is 0 Å². The first-order valence-corrected chi connectivity index (χ1v) is 8.14. The molecule has 3 rings (SSSR count). The molecule has 0 unspecified atom stereocenters. The van der Waals surface area contributed by atoms with Gasteiger partial charge in [0.05, 0.1) is 11.4 Å². The van der Waals surface area contributed by atoms with Crippen molar-refractivity contribution in [2.75, 3.05) is 31.1 Å². The van der Waals surface area contributed by atoms with Gasteiger partial charge in [0.2, 0.25) is 0 Å². The molecule has 122 valence electrons. The largest absolute Gasteiger partial charge is 0.354 e. The molecule has 2 heterocycles. The Morgan fingerprint density at radius 2 is 1.83 bits per heavy atom. The fourth-order valence-corrected chi connectivity index (χ4v) is 3.01. The second-order valence-corrected chi connectivity index (χ2v) is 6.16. The topological polar surface area (TPSA) is 32.3 Å². The molecular formula is C18H23FN4. The quantitative estimate of drug-likeness (QED) is 0.872. The third-order valence-electron chi connectivity index (χ3n) is 4.26. The molecule has 4 nitrogen and oxygen atoms in total. The number of rotatable bonds is 3. The van der Waals surface area contributed by atoms with Gasteiger partial charge in [-0.05, 0) is 38.0 Å². The van der Waals surface area contributed by atoms with Gasteiger partial charge in [0.15, 0.2) is 0 Å². The van der Waals surface area contributed by atoms with E-state index in [1.165, 1.54) is 12.1 Å². The molecule has 5 heteroatoms. The Morgan fingerprint density at radius 1 is 1.04 bits per heavy atom. The molecule has 0 N–H and O–H groups in total. The van der Waals surface area contributed by atoms with E-state index in [1.807, 2.05) is 32.2 Å². The highest BCUT2D eigenvalue weighted by Gasteiger charge is 2.18. The molecule has 2 aromatic rings. The van der Waals surface area contributed by atoms with Crippen LogP contribution in [0.25, 0.3) is 0 Å². The zero-order valence-electron chi connectivity index (χ0n) is 13.8. The van der Waals surface area contributed by atoms with Crippen LogP contribution in [0.3, 0.4) is 0 Å². The van der Waals surface area contributed by atoms with Gasteiger partial charge in [-0.25, -0.2) is 9.37 Å². The van der Waals surface area contributed by atoms with Crippen molar-refractivity contribution >= 4 is 5.82 Å². The van der Waals surface area contributed by atoms with Crippen LogP contribution in [0.2, 0.25) is 0 Å². The summed E-state index contributed by atoms with van der Waals surface area (Å²) in [6.45, 7) is 8.84. The summed E-state index contributed by atoms with van der Waals surface area (Å²) in [6.07, 6.45) is 2.91. The molecule has 23 heavy (non-hydrogen) atoms. The lowest BCUT2D eigenvalue weighted by molar-refractivity contribution is 0.285. The molecule has 1 aromatic heterocycles. The number of hydrogen-bond donors (Lipinski definition) is 0. The predicted octanol–water partition coefficient (Wildman–Crippen LogP) is 2.94. The lowest BCUT2D eigenvalue weighted by atomic mass is 10.2. The van der Waals surface area contributed by atoms with Gasteiger partial charge in [0, 0.05) is 38.9 Å². The van der Waals surface area contributed by atoms with Crippen LogP contribution in [0.1, 0.15) is 23.4 Å². The number of aromatic nitrogens is 2. The molecule has 0 saturated carbocycles. The second-order valence-electron chi connectivity index (χ2n) is 6.16. The predicted molar refractivity (Wildman–Crippen MR) is 90.0 cm³/mol. The van der Waals surface area contributed by atoms with Crippen LogP contribution in [-0.2, 0) is 6.54 Å². The third-order valence-corrected chi connectivity index (χ3v) is 4.26. The van der Waals surface area contributed by atoms with Gasteiger partial charge in [-0.2, -0.15) is 0 Å². The summed E-state index contributed by atoms with van der Waals surface area (Å²) in [5.41, 5.74) is 3.10. The molecule has 0 bridgehead atoms. The van der Waals surface area contributed by atoms with E-state index >= 15 is 0 Å². The highest BCUT2D eigenvalue weighted by atomic mass is 19.1. The van der Waals surface area contributed by atoms with Crippen LogP contribution in [0.15, 0.2) is 30.5 Å². The van der Waals surface area contributed by atoms with Gasteiger partial charge in [0.1, 0.15) is 11.6 Å². The Labute approximate surface area is 137 Å². The lowest BCUT2D eigenvalue weighted by Gasteiger charge is -2.24. The van der Waals surface area contributed by atoms with Crippen molar-refractivity contribution in [2.24, 2.45) is 0 Å². The molecule has 1 aliphatic heterocycles. The molecule has 0 amide bonds. The monoisotopic (exact) mass is 314 g/mol. The molecule has 1 fully saturated rings. The van der Waals surface area contributed by atoms with Crippen molar-refractivity contribution in [1.82, 2.24) is 14.9 Å². The van der Waals surface area contributed by atoms with E-state index in [4.69, 9.17) is 0 Å². The van der Waals surface area contributed by atoms with Gasteiger partial charge >= 0.3 is 0 Å². The lowest BCUT2D eigenvalue weighted by Crippen LogP contribution is -2.31. The first-order chi connectivity index (χ1) is 11.1. The number of benzene rings is 1. The molecule has 0 aliphatic carbocycles. The van der Waals surface area contributed by atoms with Crippen molar-refractivity contribution < 1.29 is 4.39 Å². The third kappa shape index (κ3) is 4.05. The summed E-state index contributed by atoms with van der Waals surface area (Å²) in [4.78, 5) is 13.8. The normalized spacial score (nSPS) is 16.4. The summed E-state index contributed by atoms with van der Waals surface area (Å²) in [5, 5.41) is 0. The van der Waals surface area contributed by atoms with Gasteiger partial charge in [-0.1, -0.05) is 12.1 Å². The fraction of sp³-hybridized carbons (Fsp3) is 0.444. The first-order valence-electron chi connectivity index (χ1n) is 8.14. The second kappa shape index (κ2) is 7.04. The van der Waals surface area contributed by atoms with E-state index in [9.17, 15) is 4.39 Å². The minimum absolute atomic E-state index is 0.177. The van der Waals surface area contributed by atoms with Gasteiger partial charge in [-0.15, -0.1) is 0 Å². The standard InChI is InChI=1S/C18H23FN4/c1-14-12-20-15(2)18(21-14)23-9-3-8-22(10-11-23)13-16-4-6-17(19)7-5-16/h4-7,12H,3,8-11,13H2,1-2H3. The fourth-order valence-electron chi connectivity index (χ4n) is 3.01. The molecule has 1 saturated heterocycles. The summed E-state index contributed by atoms with van der Waals surface area (Å²) in [5.74, 6) is 0.831. The highest BCUT2D eigenvalue weighted by Crippen LogP contribution is 2.18. The van der Waals surface area contributed by atoms with Gasteiger partial charge in [-0.3, -0.25) is 9.88 Å². The van der Waals surface area contributed by atoms with Crippen LogP contribution < -0.4 is 4.90 Å². The average Bonchev–Trinajstić information content (AvgIpc) is 2.77. The maximum atomic E-state index is 13.0. The molecule has 0 atom stereocenters. The first kappa shape index (κ1) is 15.9. The van der Waals surface area contributed by atoms with E-state index < -0.39 is 0 Å². The Morgan fingerprint density at radius 3 is 2.61 bits per heavy atom. The highest BCUT2D eigenvalue weighted by molar-refractivity contribution is 5.43. The minimum atomic E-state index is -0.177. The van der Waals surface area contributed by atoms with Crippen molar-refractivity contribution in [3.05, 3.63) is 53.2 Å². The van der Waals surface area contributed by atoms with E-state index in [-0.39, 0.29) is 5.82 Å². The van der Waals surface area contributed by atoms with Crippen LogP contribution in [-0.4, -0.2) is 41.0 Å². The zero-order chi connectivity index (χ0) is 16.2.